The first-order valence-electron chi connectivity index (χ1n) is 31.1. The van der Waals surface area contributed by atoms with Crippen molar-refractivity contribution in [3.63, 3.8) is 0 Å². The molecule has 1 amide bonds. The first-order chi connectivity index (χ1) is 34.0. The van der Waals surface area contributed by atoms with E-state index in [0.29, 0.717) is 17.4 Å². The molecule has 0 aromatic rings. The largest absolute Gasteiger partial charge is 0.472 e. The van der Waals surface area contributed by atoms with Crippen molar-refractivity contribution >= 4 is 13.7 Å². The van der Waals surface area contributed by atoms with Crippen LogP contribution in [-0.4, -0.2) is 73.4 Å². The van der Waals surface area contributed by atoms with E-state index in [-0.39, 0.29) is 19.1 Å². The summed E-state index contributed by atoms with van der Waals surface area (Å²) >= 11 is 0. The van der Waals surface area contributed by atoms with Crippen LogP contribution < -0.4 is 5.32 Å². The minimum atomic E-state index is -4.34. The minimum absolute atomic E-state index is 0.0652. The second-order valence-electron chi connectivity index (χ2n) is 22.8. The molecule has 0 radical (unpaired) electrons. The van der Waals surface area contributed by atoms with Crippen LogP contribution in [0.2, 0.25) is 0 Å². The number of phosphoric acid groups is 1. The molecule has 0 aliphatic heterocycles. The summed E-state index contributed by atoms with van der Waals surface area (Å²) in [7, 11) is 1.59. The molecule has 0 heterocycles. The van der Waals surface area contributed by atoms with Gasteiger partial charge in [0.05, 0.1) is 39.9 Å². The summed E-state index contributed by atoms with van der Waals surface area (Å²) in [6, 6.07) is -0.842. The van der Waals surface area contributed by atoms with Crippen LogP contribution in [0.3, 0.4) is 0 Å². The molecule has 418 valence electrons. The zero-order chi connectivity index (χ0) is 51.3. The molecule has 0 bridgehead atoms. The van der Waals surface area contributed by atoms with Crippen LogP contribution in [-0.2, 0) is 18.4 Å². The van der Waals surface area contributed by atoms with Gasteiger partial charge in [0.15, 0.2) is 0 Å². The predicted molar refractivity (Wildman–Crippen MR) is 305 cm³/mol. The molecular formula is C61H124N2O6P+. The monoisotopic (exact) mass is 1010 g/mol. The molecule has 0 saturated carbocycles. The van der Waals surface area contributed by atoms with Crippen molar-refractivity contribution < 1.29 is 32.9 Å². The lowest BCUT2D eigenvalue weighted by Crippen LogP contribution is -2.45. The van der Waals surface area contributed by atoms with Gasteiger partial charge >= 0.3 is 7.82 Å². The summed E-state index contributed by atoms with van der Waals surface area (Å²) < 4.78 is 23.7. The van der Waals surface area contributed by atoms with Crippen molar-refractivity contribution in [2.45, 2.75) is 334 Å². The number of phosphoric ester groups is 1. The van der Waals surface area contributed by atoms with Crippen molar-refractivity contribution in [2.75, 3.05) is 40.9 Å². The first kappa shape index (κ1) is 69.2. The number of allylic oxidation sites excluding steroid dienone is 1. The third-order valence-electron chi connectivity index (χ3n) is 14.5. The van der Waals surface area contributed by atoms with Crippen LogP contribution in [0.15, 0.2) is 12.2 Å². The molecule has 0 aromatic heterocycles. The number of hydrogen-bond acceptors (Lipinski definition) is 5. The topological polar surface area (TPSA) is 105 Å². The van der Waals surface area contributed by atoms with Gasteiger partial charge in [-0.3, -0.25) is 13.8 Å². The van der Waals surface area contributed by atoms with Gasteiger partial charge < -0.3 is 19.8 Å². The van der Waals surface area contributed by atoms with Crippen molar-refractivity contribution in [3.05, 3.63) is 12.2 Å². The maximum atomic E-state index is 13.0. The Bertz CT molecular complexity index is 1150. The summed E-state index contributed by atoms with van der Waals surface area (Å²) in [5, 5.41) is 14.0. The average Bonchev–Trinajstić information content (AvgIpc) is 3.32. The lowest BCUT2D eigenvalue weighted by atomic mass is 10.0. The molecule has 0 saturated heterocycles. The van der Waals surface area contributed by atoms with E-state index in [4.69, 9.17) is 9.05 Å². The van der Waals surface area contributed by atoms with Crippen LogP contribution in [0.25, 0.3) is 0 Å². The quantitative estimate of drug-likeness (QED) is 0.0243. The lowest BCUT2D eigenvalue weighted by molar-refractivity contribution is -0.870. The highest BCUT2D eigenvalue weighted by molar-refractivity contribution is 7.47. The van der Waals surface area contributed by atoms with Crippen LogP contribution >= 0.6 is 7.82 Å². The Kier molecular flexibility index (Phi) is 52.5. The molecule has 9 heteroatoms. The van der Waals surface area contributed by atoms with Gasteiger partial charge in [0, 0.05) is 6.42 Å². The normalized spacial score (nSPS) is 13.9. The number of likely N-dealkylation sites (N-methyl/N-ethyl adjacent to an activating group) is 1. The fraction of sp³-hybridized carbons (Fsp3) is 0.951. The van der Waals surface area contributed by atoms with Gasteiger partial charge in [0.2, 0.25) is 5.91 Å². The molecule has 0 aliphatic carbocycles. The Balaban J connectivity index is 4.05. The summed E-state index contributed by atoms with van der Waals surface area (Å²) in [5.41, 5.74) is 0. The third kappa shape index (κ3) is 55.0. The zero-order valence-corrected chi connectivity index (χ0v) is 48.7. The number of aliphatic hydroxyl groups excluding tert-OH is 1. The van der Waals surface area contributed by atoms with E-state index < -0.39 is 20.0 Å². The van der Waals surface area contributed by atoms with Gasteiger partial charge in [-0.1, -0.05) is 309 Å². The summed E-state index contributed by atoms with van der Waals surface area (Å²) in [5.74, 6) is -0.169. The Hall–Kier alpha value is -0.760. The van der Waals surface area contributed by atoms with E-state index in [2.05, 4.69) is 19.2 Å². The molecule has 3 N–H and O–H groups in total. The highest BCUT2D eigenvalue weighted by atomic mass is 31.2. The minimum Gasteiger partial charge on any atom is -0.387 e. The maximum absolute atomic E-state index is 13.0. The average molecular weight is 1010 g/mol. The third-order valence-corrected chi connectivity index (χ3v) is 15.5. The number of aliphatic hydroxyl groups is 1. The smallest absolute Gasteiger partial charge is 0.387 e. The number of carbonyl (C=O) groups is 1. The summed E-state index contributed by atoms with van der Waals surface area (Å²) in [6.45, 7) is 4.87. The molecule has 3 unspecified atom stereocenters. The zero-order valence-electron chi connectivity index (χ0n) is 47.8. The van der Waals surface area contributed by atoms with Crippen LogP contribution in [0.1, 0.15) is 322 Å². The number of hydrogen-bond donors (Lipinski definition) is 3. The summed E-state index contributed by atoms with van der Waals surface area (Å²) in [4.78, 5) is 23.3. The van der Waals surface area contributed by atoms with E-state index in [9.17, 15) is 19.4 Å². The fourth-order valence-electron chi connectivity index (χ4n) is 9.63. The van der Waals surface area contributed by atoms with Gasteiger partial charge in [-0.15, -0.1) is 0 Å². The van der Waals surface area contributed by atoms with E-state index in [0.717, 1.165) is 32.1 Å². The van der Waals surface area contributed by atoms with Gasteiger partial charge in [0.1, 0.15) is 13.2 Å². The van der Waals surface area contributed by atoms with Gasteiger partial charge in [0.25, 0.3) is 0 Å². The molecule has 70 heavy (non-hydrogen) atoms. The molecule has 0 aromatic carbocycles. The molecule has 0 aliphatic rings. The number of quaternary nitrogens is 1. The predicted octanol–water partition coefficient (Wildman–Crippen LogP) is 19.0. The van der Waals surface area contributed by atoms with Crippen LogP contribution in [0.4, 0.5) is 0 Å². The van der Waals surface area contributed by atoms with Gasteiger partial charge in [-0.25, -0.2) is 4.57 Å². The van der Waals surface area contributed by atoms with Crippen molar-refractivity contribution in [2.24, 2.45) is 0 Å². The number of carbonyl (C=O) groups excluding carboxylic acids is 1. The second-order valence-corrected chi connectivity index (χ2v) is 24.3. The fourth-order valence-corrected chi connectivity index (χ4v) is 10.4. The SMILES string of the molecule is CCCCCCCCCCCCCCCCCC/C=C/C(O)C(COP(=O)(O)OCC[N+](C)(C)C)NC(=O)CCCCCCCCCCCCCCCCCCCCCCCCCCCCCCCC. The maximum Gasteiger partial charge on any atom is 0.472 e. The van der Waals surface area contributed by atoms with Crippen molar-refractivity contribution in [3.8, 4) is 0 Å². The van der Waals surface area contributed by atoms with E-state index in [1.165, 1.54) is 270 Å². The highest BCUT2D eigenvalue weighted by Gasteiger charge is 2.27. The Morgan fingerprint density at radius 1 is 0.471 bits per heavy atom. The Morgan fingerprint density at radius 3 is 1.06 bits per heavy atom. The Morgan fingerprint density at radius 2 is 0.757 bits per heavy atom. The molecule has 0 fully saturated rings. The first-order valence-corrected chi connectivity index (χ1v) is 32.6. The molecular weight excluding hydrogens is 888 g/mol. The van der Waals surface area contributed by atoms with E-state index in [1.54, 1.807) is 6.08 Å². The molecule has 8 nitrogen and oxygen atoms in total. The summed E-state index contributed by atoms with van der Waals surface area (Å²) in [6.07, 6.45) is 66.2. The number of unbranched alkanes of at least 4 members (excludes halogenated alkanes) is 45. The van der Waals surface area contributed by atoms with Crippen LogP contribution in [0.5, 0.6) is 0 Å². The Labute approximate surface area is 437 Å². The van der Waals surface area contributed by atoms with Gasteiger partial charge in [-0.05, 0) is 19.3 Å². The van der Waals surface area contributed by atoms with E-state index in [1.807, 2.05) is 27.2 Å². The molecule has 0 spiro atoms. The molecule has 3 atom stereocenters. The van der Waals surface area contributed by atoms with E-state index >= 15 is 0 Å². The van der Waals surface area contributed by atoms with Crippen molar-refractivity contribution in [1.82, 2.24) is 5.32 Å². The standard InChI is InChI=1S/C61H123N2O6P/c1-6-8-10-12-14-16-18-20-22-24-26-27-28-29-30-31-32-33-34-35-36-37-39-41-43-45-47-49-51-53-55-61(65)62-59(58-69-70(66,67)68-57-56-63(3,4)5)60(64)54-52-50-48-46-44-42-40-38-25-23-21-19-17-15-13-11-9-7-2/h52,54,59-60,64H,6-51,53,55-58H2,1-5H3,(H-,62,65,66,67)/p+1/b54-52+. The lowest BCUT2D eigenvalue weighted by Gasteiger charge is -2.25. The number of nitrogens with zero attached hydrogens (tertiary/aromatic N) is 1. The van der Waals surface area contributed by atoms with Crippen molar-refractivity contribution in [1.29, 1.82) is 0 Å². The number of amides is 1. The number of rotatable bonds is 58. The van der Waals surface area contributed by atoms with Gasteiger partial charge in [-0.2, -0.15) is 0 Å². The molecule has 0 rings (SSSR count). The highest BCUT2D eigenvalue weighted by Crippen LogP contribution is 2.43. The van der Waals surface area contributed by atoms with Crippen LogP contribution in [0, 0.1) is 0 Å². The second kappa shape index (κ2) is 53.1. The number of nitrogens with one attached hydrogen (secondary N) is 1.